The standard InChI is InChI=1S/C18H19N7OS3/c1-5-11-19-9(3)13-8(2)14(29-16(13)21-11)15(26)22-17-20-10(7-28-17)6-12-23-24-18(27)25(12)4/h7H,5-6H2,1-4H3,(H,24,27)(H,20,22,26). The van der Waals surface area contributed by atoms with Crippen LogP contribution in [-0.4, -0.2) is 35.6 Å². The van der Waals surface area contributed by atoms with Crippen LogP contribution in [0.4, 0.5) is 5.13 Å². The molecule has 11 heteroatoms. The Kier molecular flexibility index (Phi) is 5.28. The van der Waals surface area contributed by atoms with E-state index in [1.807, 2.05) is 33.2 Å². The number of carbonyl (C=O) groups is 1. The molecule has 1 amide bonds. The quantitative estimate of drug-likeness (QED) is 0.451. The molecule has 0 saturated carbocycles. The number of fused-ring (bicyclic) bond motifs is 1. The van der Waals surface area contributed by atoms with Crippen molar-refractivity contribution in [1.29, 1.82) is 0 Å². The van der Waals surface area contributed by atoms with Crippen molar-refractivity contribution in [1.82, 2.24) is 29.7 Å². The number of thiophene rings is 1. The number of hydrogen-bond acceptors (Lipinski definition) is 8. The molecule has 150 valence electrons. The molecule has 0 aliphatic rings. The maximum Gasteiger partial charge on any atom is 0.267 e. The van der Waals surface area contributed by atoms with Crippen molar-refractivity contribution in [3.63, 3.8) is 0 Å². The molecular formula is C18H19N7OS3. The second-order valence-electron chi connectivity index (χ2n) is 6.59. The zero-order valence-corrected chi connectivity index (χ0v) is 18.8. The summed E-state index contributed by atoms with van der Waals surface area (Å²) in [6, 6.07) is 0. The summed E-state index contributed by atoms with van der Waals surface area (Å²) in [5.74, 6) is 1.41. The highest BCUT2D eigenvalue weighted by atomic mass is 32.1. The summed E-state index contributed by atoms with van der Waals surface area (Å²) in [6.45, 7) is 5.92. The highest BCUT2D eigenvalue weighted by molar-refractivity contribution is 7.71. The summed E-state index contributed by atoms with van der Waals surface area (Å²) < 4.78 is 2.37. The fraction of sp³-hybridized carbons (Fsp3) is 0.333. The van der Waals surface area contributed by atoms with Gasteiger partial charge in [0.2, 0.25) is 0 Å². The number of nitrogens with zero attached hydrogens (tertiary/aromatic N) is 5. The Bertz CT molecular complexity index is 1280. The van der Waals surface area contributed by atoms with Crippen LogP contribution in [0.25, 0.3) is 10.2 Å². The number of rotatable bonds is 5. The van der Waals surface area contributed by atoms with Gasteiger partial charge in [-0.3, -0.25) is 15.2 Å². The molecule has 0 bridgehead atoms. The molecule has 0 spiro atoms. The SMILES string of the molecule is CCc1nc(C)c2c(C)c(C(=O)Nc3nc(Cc4n[nH]c(=S)n4C)cs3)sc2n1. The molecule has 0 fully saturated rings. The molecule has 4 rings (SSSR count). The van der Waals surface area contributed by atoms with Crippen LogP contribution in [0.5, 0.6) is 0 Å². The molecule has 0 atom stereocenters. The predicted octanol–water partition coefficient (Wildman–Crippen LogP) is 3.96. The van der Waals surface area contributed by atoms with Crippen molar-refractivity contribution >= 4 is 56.1 Å². The molecular weight excluding hydrogens is 426 g/mol. The number of aromatic amines is 1. The molecule has 29 heavy (non-hydrogen) atoms. The van der Waals surface area contributed by atoms with Gasteiger partial charge in [0, 0.05) is 29.9 Å². The Labute approximate surface area is 180 Å². The van der Waals surface area contributed by atoms with Gasteiger partial charge in [-0.15, -0.1) is 22.7 Å². The van der Waals surface area contributed by atoms with E-state index in [1.165, 1.54) is 22.7 Å². The molecule has 4 aromatic rings. The number of aromatic nitrogens is 6. The van der Waals surface area contributed by atoms with Crippen molar-refractivity contribution in [3.8, 4) is 0 Å². The van der Waals surface area contributed by atoms with E-state index in [1.54, 1.807) is 4.57 Å². The molecule has 2 N–H and O–H groups in total. The third-order valence-corrected chi connectivity index (χ3v) is 6.98. The van der Waals surface area contributed by atoms with Crippen molar-refractivity contribution in [2.75, 3.05) is 5.32 Å². The Morgan fingerprint density at radius 1 is 1.31 bits per heavy atom. The van der Waals surface area contributed by atoms with Crippen LogP contribution in [-0.2, 0) is 19.9 Å². The molecule has 0 unspecified atom stereocenters. The molecule has 0 aliphatic heterocycles. The van der Waals surface area contributed by atoms with Crippen LogP contribution in [0.1, 0.15) is 45.2 Å². The molecule has 4 aromatic heterocycles. The smallest absolute Gasteiger partial charge is 0.267 e. The van der Waals surface area contributed by atoms with Crippen molar-refractivity contribution in [3.05, 3.63) is 43.6 Å². The van der Waals surface area contributed by atoms with Gasteiger partial charge >= 0.3 is 0 Å². The van der Waals surface area contributed by atoms with Gasteiger partial charge < -0.3 is 4.57 Å². The monoisotopic (exact) mass is 445 g/mol. The normalized spacial score (nSPS) is 11.3. The van der Waals surface area contributed by atoms with Crippen molar-refractivity contribution < 1.29 is 4.79 Å². The van der Waals surface area contributed by atoms with Gasteiger partial charge in [0.25, 0.3) is 5.91 Å². The molecule has 8 nitrogen and oxygen atoms in total. The van der Waals surface area contributed by atoms with Gasteiger partial charge in [-0.2, -0.15) is 5.10 Å². The maximum atomic E-state index is 12.9. The highest BCUT2D eigenvalue weighted by Crippen LogP contribution is 2.32. The Balaban J connectivity index is 1.56. The van der Waals surface area contributed by atoms with Crippen molar-refractivity contribution in [2.45, 2.75) is 33.6 Å². The summed E-state index contributed by atoms with van der Waals surface area (Å²) in [7, 11) is 1.86. The van der Waals surface area contributed by atoms with E-state index in [0.29, 0.717) is 21.2 Å². The van der Waals surface area contributed by atoms with E-state index >= 15 is 0 Å². The summed E-state index contributed by atoms with van der Waals surface area (Å²) in [4.78, 5) is 28.0. The fourth-order valence-corrected chi connectivity index (χ4v) is 5.07. The van der Waals surface area contributed by atoms with Gasteiger partial charge in [0.05, 0.1) is 17.0 Å². The second kappa shape index (κ2) is 7.73. The zero-order valence-electron chi connectivity index (χ0n) is 16.4. The Hall–Kier alpha value is -2.50. The lowest BCUT2D eigenvalue weighted by Gasteiger charge is -2.02. The predicted molar refractivity (Wildman–Crippen MR) is 118 cm³/mol. The van der Waals surface area contributed by atoms with Crippen LogP contribution >= 0.6 is 34.9 Å². The first-order valence-corrected chi connectivity index (χ1v) is 11.1. The number of thiazole rings is 1. The van der Waals surface area contributed by atoms with E-state index < -0.39 is 0 Å². The molecule has 0 radical (unpaired) electrons. The summed E-state index contributed by atoms with van der Waals surface area (Å²) in [6.07, 6.45) is 1.30. The first-order valence-electron chi connectivity index (χ1n) is 9.00. The molecule has 0 saturated heterocycles. The Morgan fingerprint density at radius 3 is 2.79 bits per heavy atom. The Morgan fingerprint density at radius 2 is 2.10 bits per heavy atom. The fourth-order valence-electron chi connectivity index (χ4n) is 3.07. The lowest BCUT2D eigenvalue weighted by molar-refractivity contribution is 0.103. The van der Waals surface area contributed by atoms with E-state index in [9.17, 15) is 4.79 Å². The zero-order chi connectivity index (χ0) is 20.7. The number of aryl methyl sites for hydroxylation is 3. The minimum Gasteiger partial charge on any atom is -0.307 e. The topological polar surface area (TPSA) is 101 Å². The minimum atomic E-state index is -0.179. The van der Waals surface area contributed by atoms with Gasteiger partial charge in [-0.1, -0.05) is 6.92 Å². The lowest BCUT2D eigenvalue weighted by atomic mass is 10.1. The number of H-pyrrole nitrogens is 1. The summed E-state index contributed by atoms with van der Waals surface area (Å²) >= 11 is 7.91. The molecule has 0 aliphatic carbocycles. The first-order chi connectivity index (χ1) is 13.9. The number of hydrogen-bond donors (Lipinski definition) is 2. The van der Waals surface area contributed by atoms with Crippen LogP contribution < -0.4 is 5.32 Å². The third-order valence-electron chi connectivity index (χ3n) is 4.62. The number of nitrogens with one attached hydrogen (secondary N) is 2. The minimum absolute atomic E-state index is 0.179. The molecule has 0 aromatic carbocycles. The largest absolute Gasteiger partial charge is 0.307 e. The van der Waals surface area contributed by atoms with Crippen LogP contribution in [0.3, 0.4) is 0 Å². The van der Waals surface area contributed by atoms with Crippen LogP contribution in [0.15, 0.2) is 5.38 Å². The van der Waals surface area contributed by atoms with Crippen molar-refractivity contribution in [2.24, 2.45) is 7.05 Å². The van der Waals surface area contributed by atoms with Crippen LogP contribution in [0.2, 0.25) is 0 Å². The van der Waals surface area contributed by atoms with Gasteiger partial charge in [0.15, 0.2) is 9.90 Å². The van der Waals surface area contributed by atoms with Crippen LogP contribution in [0, 0.1) is 18.6 Å². The molecule has 4 heterocycles. The van der Waals surface area contributed by atoms with E-state index in [2.05, 4.69) is 30.5 Å². The number of anilines is 1. The lowest BCUT2D eigenvalue weighted by Crippen LogP contribution is -2.11. The third kappa shape index (κ3) is 3.72. The number of amides is 1. The van der Waals surface area contributed by atoms with Gasteiger partial charge in [-0.05, 0) is 31.6 Å². The highest BCUT2D eigenvalue weighted by Gasteiger charge is 2.20. The first kappa shape index (κ1) is 19.8. The number of carbonyl (C=O) groups excluding carboxylic acids is 1. The van der Waals surface area contributed by atoms with Gasteiger partial charge in [-0.25, -0.2) is 15.0 Å². The second-order valence-corrected chi connectivity index (χ2v) is 8.84. The summed E-state index contributed by atoms with van der Waals surface area (Å²) in [5.41, 5.74) is 2.63. The maximum absolute atomic E-state index is 12.9. The average Bonchev–Trinajstić information content (AvgIpc) is 3.36. The average molecular weight is 446 g/mol. The van der Waals surface area contributed by atoms with E-state index in [4.69, 9.17) is 12.2 Å². The van der Waals surface area contributed by atoms with Gasteiger partial charge in [0.1, 0.15) is 16.5 Å². The van der Waals surface area contributed by atoms with E-state index in [0.717, 1.165) is 45.2 Å². The van der Waals surface area contributed by atoms with E-state index in [-0.39, 0.29) is 5.91 Å². The summed E-state index contributed by atoms with van der Waals surface area (Å²) in [5, 5.41) is 13.3.